The van der Waals surface area contributed by atoms with Gasteiger partial charge in [0.2, 0.25) is 0 Å². The molecule has 0 aliphatic carbocycles. The molecule has 3 N–H and O–H groups in total. The Kier molecular flexibility index (Phi) is 7.28. The smallest absolute Gasteiger partial charge is 0.259 e. The first-order chi connectivity index (χ1) is 12.5. The van der Waals surface area contributed by atoms with Crippen molar-refractivity contribution in [3.05, 3.63) is 46.4 Å². The fourth-order valence-electron chi connectivity index (χ4n) is 2.06. The van der Waals surface area contributed by atoms with Crippen molar-refractivity contribution in [3.63, 3.8) is 0 Å². The minimum Gasteiger partial charge on any atom is -0.503 e. The van der Waals surface area contributed by atoms with Gasteiger partial charge in [-0.2, -0.15) is 5.10 Å². The number of nitrogens with one attached hydrogen (secondary N) is 2. The summed E-state index contributed by atoms with van der Waals surface area (Å²) in [5.74, 6) is 0.806. The minimum absolute atomic E-state index is 0.00763. The van der Waals surface area contributed by atoms with Crippen LogP contribution in [0.25, 0.3) is 0 Å². The van der Waals surface area contributed by atoms with E-state index < -0.39 is 0 Å². The molecular weight excluding hydrogens is 402 g/mol. The zero-order chi connectivity index (χ0) is 18.9. The Bertz CT molecular complexity index is 779. The summed E-state index contributed by atoms with van der Waals surface area (Å²) in [6.45, 7) is 2.61. The molecule has 1 amide bonds. The highest BCUT2D eigenvalue weighted by Gasteiger charge is 2.07. The van der Waals surface area contributed by atoms with E-state index in [4.69, 9.17) is 9.47 Å². The van der Waals surface area contributed by atoms with E-state index in [0.29, 0.717) is 22.4 Å². The molecule has 0 bridgehead atoms. The number of anilines is 1. The van der Waals surface area contributed by atoms with Crippen molar-refractivity contribution >= 4 is 33.7 Å². The van der Waals surface area contributed by atoms with E-state index in [1.54, 1.807) is 12.1 Å². The van der Waals surface area contributed by atoms with Crippen LogP contribution in [0.15, 0.2) is 46.0 Å². The fraction of sp³-hybridized carbons (Fsp3) is 0.222. The number of aromatic hydroxyl groups is 1. The standard InChI is InChI=1S/C18H20BrN3O4/c1-3-26-14-6-4-13(5-7-14)20-11-17(23)22-21-10-12-8-15(19)18(24)16(9-12)25-2/h4-10,20,24H,3,11H2,1-2H3,(H,22,23). The molecule has 2 aromatic rings. The number of hydrazone groups is 1. The zero-order valence-electron chi connectivity index (χ0n) is 14.5. The third kappa shape index (κ3) is 5.66. The molecule has 138 valence electrons. The van der Waals surface area contributed by atoms with Crippen molar-refractivity contribution in [1.82, 2.24) is 5.43 Å². The van der Waals surface area contributed by atoms with E-state index in [2.05, 4.69) is 31.8 Å². The number of halogens is 1. The fourth-order valence-corrected chi connectivity index (χ4v) is 2.52. The molecule has 0 fully saturated rings. The Balaban J connectivity index is 1.84. The Morgan fingerprint density at radius 1 is 1.31 bits per heavy atom. The number of hydrogen-bond acceptors (Lipinski definition) is 6. The zero-order valence-corrected chi connectivity index (χ0v) is 16.0. The summed E-state index contributed by atoms with van der Waals surface area (Å²) in [5, 5.41) is 16.6. The second-order valence-corrected chi connectivity index (χ2v) is 6.01. The summed E-state index contributed by atoms with van der Waals surface area (Å²) in [6.07, 6.45) is 1.46. The van der Waals surface area contributed by atoms with E-state index in [9.17, 15) is 9.90 Å². The highest BCUT2D eigenvalue weighted by atomic mass is 79.9. The molecule has 0 aromatic heterocycles. The number of methoxy groups -OCH3 is 1. The van der Waals surface area contributed by atoms with Crippen molar-refractivity contribution in [2.45, 2.75) is 6.92 Å². The van der Waals surface area contributed by atoms with Gasteiger partial charge in [-0.25, -0.2) is 5.43 Å². The van der Waals surface area contributed by atoms with Crippen LogP contribution in [0.4, 0.5) is 5.69 Å². The lowest BCUT2D eigenvalue weighted by Gasteiger charge is -2.07. The molecule has 0 atom stereocenters. The average molecular weight is 422 g/mol. The summed E-state index contributed by atoms with van der Waals surface area (Å²) < 4.78 is 10.9. The van der Waals surface area contributed by atoms with Crippen LogP contribution < -0.4 is 20.2 Å². The molecule has 7 nitrogen and oxygen atoms in total. The normalized spacial score (nSPS) is 10.6. The molecule has 0 radical (unpaired) electrons. The largest absolute Gasteiger partial charge is 0.503 e. The van der Waals surface area contributed by atoms with E-state index in [1.807, 2.05) is 31.2 Å². The van der Waals surface area contributed by atoms with Gasteiger partial charge >= 0.3 is 0 Å². The summed E-state index contributed by atoms with van der Waals surface area (Å²) in [7, 11) is 1.46. The first kappa shape index (κ1) is 19.6. The van der Waals surface area contributed by atoms with Crippen LogP contribution in [0.1, 0.15) is 12.5 Å². The maximum absolute atomic E-state index is 11.8. The van der Waals surface area contributed by atoms with E-state index in [-0.39, 0.29) is 18.2 Å². The number of phenolic OH excluding ortho intramolecular Hbond substituents is 1. The van der Waals surface area contributed by atoms with Crippen LogP contribution in [-0.4, -0.2) is 37.5 Å². The quantitative estimate of drug-likeness (QED) is 0.449. The first-order valence-corrected chi connectivity index (χ1v) is 8.68. The molecule has 2 rings (SSSR count). The predicted molar refractivity (Wildman–Crippen MR) is 104 cm³/mol. The third-order valence-electron chi connectivity index (χ3n) is 3.29. The van der Waals surface area contributed by atoms with Crippen molar-refractivity contribution < 1.29 is 19.4 Å². The van der Waals surface area contributed by atoms with Crippen LogP contribution >= 0.6 is 15.9 Å². The van der Waals surface area contributed by atoms with E-state index in [1.165, 1.54) is 13.3 Å². The van der Waals surface area contributed by atoms with Crippen molar-refractivity contribution in [2.24, 2.45) is 5.10 Å². The Morgan fingerprint density at radius 2 is 2.04 bits per heavy atom. The van der Waals surface area contributed by atoms with Gasteiger partial charge in [0, 0.05) is 5.69 Å². The molecule has 0 saturated carbocycles. The predicted octanol–water partition coefficient (Wildman–Crippen LogP) is 3.12. The van der Waals surface area contributed by atoms with Crippen LogP contribution in [0.3, 0.4) is 0 Å². The van der Waals surface area contributed by atoms with Gasteiger partial charge in [-0.3, -0.25) is 4.79 Å². The molecule has 0 unspecified atom stereocenters. The Labute approximate surface area is 160 Å². The lowest BCUT2D eigenvalue weighted by atomic mass is 10.2. The SMILES string of the molecule is CCOc1ccc(NCC(=O)NN=Cc2cc(Br)c(O)c(OC)c2)cc1. The number of ether oxygens (including phenoxy) is 2. The minimum atomic E-state index is -0.292. The number of carbonyl (C=O) groups excluding carboxylic acids is 1. The second-order valence-electron chi connectivity index (χ2n) is 5.16. The number of hydrogen-bond donors (Lipinski definition) is 3. The topological polar surface area (TPSA) is 92.2 Å². The summed E-state index contributed by atoms with van der Waals surface area (Å²) >= 11 is 3.23. The van der Waals surface area contributed by atoms with E-state index in [0.717, 1.165) is 11.4 Å². The number of nitrogens with zero attached hydrogens (tertiary/aromatic N) is 1. The molecule has 0 aliphatic heterocycles. The van der Waals surface area contributed by atoms with Gasteiger partial charge in [0.1, 0.15) is 5.75 Å². The molecule has 8 heteroatoms. The highest BCUT2D eigenvalue weighted by Crippen LogP contribution is 2.34. The van der Waals surface area contributed by atoms with Gasteiger partial charge in [-0.1, -0.05) is 0 Å². The van der Waals surface area contributed by atoms with Gasteiger partial charge < -0.3 is 19.9 Å². The van der Waals surface area contributed by atoms with Gasteiger partial charge in [0.15, 0.2) is 11.5 Å². The summed E-state index contributed by atoms with van der Waals surface area (Å²) in [6, 6.07) is 10.6. The molecule has 0 heterocycles. The average Bonchev–Trinajstić information content (AvgIpc) is 2.64. The summed E-state index contributed by atoms with van der Waals surface area (Å²) in [4.78, 5) is 11.8. The maximum Gasteiger partial charge on any atom is 0.259 e. The molecule has 0 aliphatic rings. The van der Waals surface area contributed by atoms with Crippen LogP contribution in [0.5, 0.6) is 17.2 Å². The van der Waals surface area contributed by atoms with Gasteiger partial charge in [-0.05, 0) is 64.8 Å². The van der Waals surface area contributed by atoms with Crippen molar-refractivity contribution in [1.29, 1.82) is 0 Å². The first-order valence-electron chi connectivity index (χ1n) is 7.88. The molecule has 0 saturated heterocycles. The van der Waals surface area contributed by atoms with Gasteiger partial charge in [0.25, 0.3) is 5.91 Å². The maximum atomic E-state index is 11.8. The van der Waals surface area contributed by atoms with Crippen LogP contribution in [0.2, 0.25) is 0 Å². The summed E-state index contributed by atoms with van der Waals surface area (Å²) in [5.41, 5.74) is 3.89. The monoisotopic (exact) mass is 421 g/mol. The molecular formula is C18H20BrN3O4. The Morgan fingerprint density at radius 3 is 2.69 bits per heavy atom. The number of benzene rings is 2. The second kappa shape index (κ2) is 9.67. The number of amides is 1. The van der Waals surface area contributed by atoms with Crippen LogP contribution in [-0.2, 0) is 4.79 Å². The lowest BCUT2D eigenvalue weighted by molar-refractivity contribution is -0.119. The van der Waals surface area contributed by atoms with Crippen LogP contribution in [0, 0.1) is 0 Å². The van der Waals surface area contributed by atoms with Crippen molar-refractivity contribution in [3.8, 4) is 17.2 Å². The highest BCUT2D eigenvalue weighted by molar-refractivity contribution is 9.10. The van der Waals surface area contributed by atoms with Gasteiger partial charge in [0.05, 0.1) is 30.9 Å². The lowest BCUT2D eigenvalue weighted by Crippen LogP contribution is -2.25. The molecule has 2 aromatic carbocycles. The number of rotatable bonds is 8. The van der Waals surface area contributed by atoms with Crippen molar-refractivity contribution in [2.75, 3.05) is 25.6 Å². The van der Waals surface area contributed by atoms with Gasteiger partial charge in [-0.15, -0.1) is 0 Å². The van der Waals surface area contributed by atoms with E-state index >= 15 is 0 Å². The molecule has 0 spiro atoms. The molecule has 26 heavy (non-hydrogen) atoms. The number of carbonyl (C=O) groups is 1. The number of phenols is 1. The third-order valence-corrected chi connectivity index (χ3v) is 3.90. The Hall–Kier alpha value is -2.74.